The van der Waals surface area contributed by atoms with Gasteiger partial charge in [-0.15, -0.1) is 0 Å². The van der Waals surface area contributed by atoms with Gasteiger partial charge in [0.05, 0.1) is 6.20 Å². The van der Waals surface area contributed by atoms with Gasteiger partial charge < -0.3 is 14.5 Å². The predicted octanol–water partition coefficient (Wildman–Crippen LogP) is 0.786. The maximum atomic E-state index is 13.2. The van der Waals surface area contributed by atoms with E-state index in [0.29, 0.717) is 11.0 Å². The van der Waals surface area contributed by atoms with Crippen molar-refractivity contribution >= 4 is 24.3 Å². The van der Waals surface area contributed by atoms with Crippen LogP contribution < -0.4 is 5.46 Å². The number of aromatic nitrogens is 1. The van der Waals surface area contributed by atoms with Crippen LogP contribution in [0.25, 0.3) is 0 Å². The smallest absolute Gasteiger partial charge is 0.440 e. The van der Waals surface area contributed by atoms with Crippen molar-refractivity contribution in [3.63, 3.8) is 0 Å². The van der Waals surface area contributed by atoms with Gasteiger partial charge >= 0.3 is 7.12 Å². The first kappa shape index (κ1) is 12.2. The van der Waals surface area contributed by atoms with Gasteiger partial charge in [0.15, 0.2) is 0 Å². The standard InChI is InChI=1S/C10H9BFNO3S/c12-9-2-1-7(5-8(9)11(14)15)6-17-10-13-3-4-16-10/h1-5,14-15H,6H2. The Morgan fingerprint density at radius 1 is 1.41 bits per heavy atom. The lowest BCUT2D eigenvalue weighted by Crippen LogP contribution is -2.32. The van der Waals surface area contributed by atoms with Gasteiger partial charge in [0, 0.05) is 11.2 Å². The number of thioether (sulfide) groups is 1. The minimum Gasteiger partial charge on any atom is -0.440 e. The Morgan fingerprint density at radius 2 is 2.24 bits per heavy atom. The molecular formula is C10H9BFNO3S. The molecule has 2 rings (SSSR count). The van der Waals surface area contributed by atoms with Crippen molar-refractivity contribution in [3.05, 3.63) is 42.0 Å². The summed E-state index contributed by atoms with van der Waals surface area (Å²) in [6.45, 7) is 0. The van der Waals surface area contributed by atoms with Crippen LogP contribution in [0.3, 0.4) is 0 Å². The number of rotatable bonds is 4. The summed E-state index contributed by atoms with van der Waals surface area (Å²) in [5, 5.41) is 18.4. The van der Waals surface area contributed by atoms with E-state index >= 15 is 0 Å². The van der Waals surface area contributed by atoms with E-state index in [1.165, 1.54) is 36.4 Å². The number of hydrogen-bond acceptors (Lipinski definition) is 5. The first-order chi connectivity index (χ1) is 8.16. The molecule has 17 heavy (non-hydrogen) atoms. The molecule has 0 amide bonds. The maximum Gasteiger partial charge on any atom is 0.491 e. The molecule has 0 radical (unpaired) electrons. The van der Waals surface area contributed by atoms with E-state index in [2.05, 4.69) is 4.98 Å². The molecule has 88 valence electrons. The maximum absolute atomic E-state index is 13.2. The van der Waals surface area contributed by atoms with Gasteiger partial charge in [0.1, 0.15) is 12.1 Å². The molecule has 0 saturated heterocycles. The highest BCUT2D eigenvalue weighted by Gasteiger charge is 2.16. The molecule has 1 heterocycles. The van der Waals surface area contributed by atoms with E-state index < -0.39 is 12.9 Å². The molecule has 1 aromatic carbocycles. The zero-order valence-corrected chi connectivity index (χ0v) is 9.52. The number of oxazole rings is 1. The first-order valence-corrected chi connectivity index (χ1v) is 5.82. The van der Waals surface area contributed by atoms with Gasteiger partial charge in [-0.1, -0.05) is 23.9 Å². The lowest BCUT2D eigenvalue weighted by molar-refractivity contribution is 0.423. The Morgan fingerprint density at radius 3 is 2.88 bits per heavy atom. The van der Waals surface area contributed by atoms with Gasteiger partial charge in [-0.3, -0.25) is 0 Å². The van der Waals surface area contributed by atoms with Crippen LogP contribution in [0.4, 0.5) is 4.39 Å². The van der Waals surface area contributed by atoms with E-state index in [-0.39, 0.29) is 5.46 Å². The molecule has 0 aliphatic carbocycles. The Balaban J connectivity index is 2.09. The predicted molar refractivity (Wildman–Crippen MR) is 62.3 cm³/mol. The molecule has 0 fully saturated rings. The first-order valence-electron chi connectivity index (χ1n) is 4.83. The fraction of sp³-hybridized carbons (Fsp3) is 0.100. The molecule has 2 N–H and O–H groups in total. The summed E-state index contributed by atoms with van der Waals surface area (Å²) in [7, 11) is -1.80. The highest BCUT2D eigenvalue weighted by molar-refractivity contribution is 7.98. The van der Waals surface area contributed by atoms with Crippen LogP contribution in [-0.4, -0.2) is 22.2 Å². The van der Waals surface area contributed by atoms with Crippen LogP contribution in [0.2, 0.25) is 0 Å². The van der Waals surface area contributed by atoms with Crippen LogP contribution in [0, 0.1) is 5.82 Å². The zero-order chi connectivity index (χ0) is 12.3. The molecule has 2 aromatic rings. The second-order valence-corrected chi connectivity index (χ2v) is 4.24. The fourth-order valence-corrected chi connectivity index (χ4v) is 2.04. The normalized spacial score (nSPS) is 10.5. The van der Waals surface area contributed by atoms with Crippen LogP contribution in [-0.2, 0) is 5.75 Å². The van der Waals surface area contributed by atoms with Crippen LogP contribution in [0.15, 0.2) is 40.3 Å². The topological polar surface area (TPSA) is 66.5 Å². The summed E-state index contributed by atoms with van der Waals surface area (Å²) < 4.78 is 18.2. The van der Waals surface area contributed by atoms with Crippen LogP contribution in [0.5, 0.6) is 0 Å². The Kier molecular flexibility index (Phi) is 3.83. The molecule has 0 saturated carbocycles. The van der Waals surface area contributed by atoms with Gasteiger partial charge in [0.2, 0.25) is 0 Å². The van der Waals surface area contributed by atoms with Crippen LogP contribution >= 0.6 is 11.8 Å². The summed E-state index contributed by atoms with van der Waals surface area (Å²) in [6.07, 6.45) is 3.01. The lowest BCUT2D eigenvalue weighted by atomic mass is 9.79. The molecule has 0 aliphatic rings. The molecule has 0 unspecified atom stereocenters. The lowest BCUT2D eigenvalue weighted by Gasteiger charge is -2.04. The summed E-state index contributed by atoms with van der Waals surface area (Å²) in [5.41, 5.74) is 0.633. The molecule has 7 heteroatoms. The summed E-state index contributed by atoms with van der Waals surface area (Å²) >= 11 is 1.34. The molecule has 0 bridgehead atoms. The van der Waals surface area contributed by atoms with Crippen molar-refractivity contribution in [2.75, 3.05) is 0 Å². The highest BCUT2D eigenvalue weighted by atomic mass is 32.2. The van der Waals surface area contributed by atoms with Crippen molar-refractivity contribution in [3.8, 4) is 0 Å². The monoisotopic (exact) mass is 253 g/mol. The highest BCUT2D eigenvalue weighted by Crippen LogP contribution is 2.20. The zero-order valence-electron chi connectivity index (χ0n) is 8.71. The average molecular weight is 253 g/mol. The van der Waals surface area contributed by atoms with Crippen molar-refractivity contribution in [2.45, 2.75) is 11.0 Å². The largest absolute Gasteiger partial charge is 0.491 e. The number of halogens is 1. The minimum atomic E-state index is -1.80. The van der Waals surface area contributed by atoms with Gasteiger partial charge in [-0.25, -0.2) is 9.37 Å². The molecule has 4 nitrogen and oxygen atoms in total. The molecule has 0 atom stereocenters. The van der Waals surface area contributed by atoms with E-state index in [1.807, 2.05) is 0 Å². The fourth-order valence-electron chi connectivity index (χ4n) is 1.31. The Hall–Kier alpha value is -1.31. The van der Waals surface area contributed by atoms with E-state index in [4.69, 9.17) is 14.5 Å². The van der Waals surface area contributed by atoms with Crippen molar-refractivity contribution in [1.82, 2.24) is 4.98 Å². The van der Waals surface area contributed by atoms with E-state index in [9.17, 15) is 4.39 Å². The third-order valence-corrected chi connectivity index (χ3v) is 3.04. The molecular weight excluding hydrogens is 244 g/mol. The third-order valence-electron chi connectivity index (χ3n) is 2.11. The van der Waals surface area contributed by atoms with Crippen molar-refractivity contribution in [1.29, 1.82) is 0 Å². The van der Waals surface area contributed by atoms with E-state index in [0.717, 1.165) is 5.56 Å². The Bertz CT molecular complexity index is 492. The van der Waals surface area contributed by atoms with Crippen molar-refractivity contribution in [2.24, 2.45) is 0 Å². The second-order valence-electron chi connectivity index (χ2n) is 3.32. The summed E-state index contributed by atoms with van der Waals surface area (Å²) in [4.78, 5) is 3.93. The minimum absolute atomic E-state index is 0.129. The number of hydrogen-bond donors (Lipinski definition) is 2. The molecule has 0 spiro atoms. The molecule has 0 aliphatic heterocycles. The van der Waals surface area contributed by atoms with Crippen LogP contribution in [0.1, 0.15) is 5.56 Å². The molecule has 1 aromatic heterocycles. The second kappa shape index (κ2) is 5.35. The SMILES string of the molecule is OB(O)c1cc(CSc2ncco2)ccc1F. The quantitative estimate of drug-likeness (QED) is 0.622. The summed E-state index contributed by atoms with van der Waals surface area (Å²) in [5.74, 6) is -0.120. The third kappa shape index (κ3) is 3.09. The number of nitrogens with zero attached hydrogens (tertiary/aromatic N) is 1. The van der Waals surface area contributed by atoms with E-state index in [1.54, 1.807) is 6.07 Å². The van der Waals surface area contributed by atoms with Crippen molar-refractivity contribution < 1.29 is 18.9 Å². The Labute approximate surface area is 102 Å². The van der Waals surface area contributed by atoms with Gasteiger partial charge in [-0.2, -0.15) is 0 Å². The summed E-state index contributed by atoms with van der Waals surface area (Å²) in [6, 6.07) is 4.20. The van der Waals surface area contributed by atoms with Gasteiger partial charge in [0.25, 0.3) is 5.22 Å². The average Bonchev–Trinajstić information content (AvgIpc) is 2.80. The number of benzene rings is 1. The van der Waals surface area contributed by atoms with Gasteiger partial charge in [-0.05, 0) is 11.6 Å².